The molecule has 1 N–H and O–H groups in total. The molecule has 0 atom stereocenters. The largest absolute Gasteiger partial charge is 0.333 e. The van der Waals surface area contributed by atoms with Crippen molar-refractivity contribution in [1.29, 1.82) is 0 Å². The van der Waals surface area contributed by atoms with Crippen molar-refractivity contribution in [2.45, 2.75) is 19.6 Å². The molecular formula is C12H12F3N3. The Balaban J connectivity index is 1.88. The van der Waals surface area contributed by atoms with Gasteiger partial charge in [0.05, 0.1) is 5.69 Å². The Morgan fingerprint density at radius 2 is 1.83 bits per heavy atom. The van der Waals surface area contributed by atoms with E-state index in [1.807, 2.05) is 0 Å². The number of benzene rings is 1. The predicted molar refractivity (Wildman–Crippen MR) is 60.4 cm³/mol. The molecule has 0 bridgehead atoms. The van der Waals surface area contributed by atoms with Gasteiger partial charge in [0.1, 0.15) is 5.82 Å². The molecule has 0 fully saturated rings. The van der Waals surface area contributed by atoms with Crippen LogP contribution < -0.4 is 5.32 Å². The lowest BCUT2D eigenvalue weighted by molar-refractivity contribution is 0.0531. The van der Waals surface area contributed by atoms with E-state index in [-0.39, 0.29) is 12.4 Å². The molecule has 0 amide bonds. The second-order valence-corrected chi connectivity index (χ2v) is 3.77. The number of rotatable bonds is 5. The van der Waals surface area contributed by atoms with E-state index in [0.29, 0.717) is 16.9 Å². The average Bonchev–Trinajstić information content (AvgIpc) is 2.80. The van der Waals surface area contributed by atoms with Gasteiger partial charge >= 0.3 is 6.55 Å². The first-order valence-corrected chi connectivity index (χ1v) is 5.42. The molecule has 96 valence electrons. The van der Waals surface area contributed by atoms with Crippen LogP contribution in [-0.2, 0) is 13.1 Å². The topological polar surface area (TPSA) is 29.9 Å². The zero-order chi connectivity index (χ0) is 13.0. The summed E-state index contributed by atoms with van der Waals surface area (Å²) in [6.07, 6.45) is 1.33. The third-order valence-electron chi connectivity index (χ3n) is 2.49. The van der Waals surface area contributed by atoms with Crippen molar-refractivity contribution in [1.82, 2.24) is 15.1 Å². The Hall–Kier alpha value is -1.82. The molecule has 2 aromatic rings. The Morgan fingerprint density at radius 1 is 1.11 bits per heavy atom. The van der Waals surface area contributed by atoms with Gasteiger partial charge in [-0.2, -0.15) is 13.9 Å². The number of alkyl halides is 2. The van der Waals surface area contributed by atoms with Crippen molar-refractivity contribution in [2.75, 3.05) is 0 Å². The van der Waals surface area contributed by atoms with E-state index in [1.165, 1.54) is 24.4 Å². The summed E-state index contributed by atoms with van der Waals surface area (Å²) in [4.78, 5) is 0. The minimum Gasteiger partial charge on any atom is -0.307 e. The summed E-state index contributed by atoms with van der Waals surface area (Å²) in [5, 5.41) is 6.53. The van der Waals surface area contributed by atoms with Gasteiger partial charge in [0.25, 0.3) is 0 Å². The zero-order valence-electron chi connectivity index (χ0n) is 9.48. The van der Waals surface area contributed by atoms with Crippen molar-refractivity contribution < 1.29 is 13.2 Å². The zero-order valence-corrected chi connectivity index (χ0v) is 9.48. The summed E-state index contributed by atoms with van der Waals surface area (Å²) in [5.41, 5.74) is 1.30. The van der Waals surface area contributed by atoms with Crippen LogP contribution >= 0.6 is 0 Å². The highest BCUT2D eigenvalue weighted by Gasteiger charge is 2.10. The predicted octanol–water partition coefficient (Wildman–Crippen LogP) is 2.71. The molecule has 0 spiro atoms. The van der Waals surface area contributed by atoms with Gasteiger partial charge < -0.3 is 5.32 Å². The van der Waals surface area contributed by atoms with E-state index in [4.69, 9.17) is 0 Å². The van der Waals surface area contributed by atoms with Gasteiger partial charge in [-0.3, -0.25) is 0 Å². The van der Waals surface area contributed by atoms with E-state index in [2.05, 4.69) is 10.4 Å². The molecule has 2 rings (SSSR count). The highest BCUT2D eigenvalue weighted by Crippen LogP contribution is 2.11. The molecule has 1 aromatic heterocycles. The Labute approximate surface area is 102 Å². The molecule has 0 unspecified atom stereocenters. The first-order valence-electron chi connectivity index (χ1n) is 5.42. The van der Waals surface area contributed by atoms with Gasteiger partial charge in [-0.15, -0.1) is 0 Å². The molecule has 6 heteroatoms. The van der Waals surface area contributed by atoms with Crippen LogP contribution in [0.1, 0.15) is 17.8 Å². The lowest BCUT2D eigenvalue weighted by atomic mass is 10.2. The molecule has 0 radical (unpaired) electrons. The summed E-state index contributed by atoms with van der Waals surface area (Å²) < 4.78 is 38.3. The molecule has 0 aliphatic rings. The van der Waals surface area contributed by atoms with Crippen LogP contribution in [0.2, 0.25) is 0 Å². The SMILES string of the molecule is Fc1ccc(CNCc2ccnn2C(F)F)cc1. The smallest absolute Gasteiger partial charge is 0.307 e. The summed E-state index contributed by atoms with van der Waals surface area (Å²) in [7, 11) is 0. The van der Waals surface area contributed by atoms with E-state index < -0.39 is 6.55 Å². The number of hydrogen-bond donors (Lipinski definition) is 1. The van der Waals surface area contributed by atoms with Crippen LogP contribution in [0.3, 0.4) is 0 Å². The van der Waals surface area contributed by atoms with Crippen molar-refractivity contribution in [2.24, 2.45) is 0 Å². The summed E-state index contributed by atoms with van der Waals surface area (Å²) in [5.74, 6) is -0.297. The third kappa shape index (κ3) is 3.10. The number of nitrogens with zero attached hydrogens (tertiary/aromatic N) is 2. The molecule has 1 aromatic carbocycles. The molecule has 0 aliphatic carbocycles. The molecule has 1 heterocycles. The fourth-order valence-electron chi connectivity index (χ4n) is 1.59. The van der Waals surface area contributed by atoms with Gasteiger partial charge in [-0.1, -0.05) is 12.1 Å². The lowest BCUT2D eigenvalue weighted by Gasteiger charge is -2.07. The normalized spacial score (nSPS) is 11.1. The minimum atomic E-state index is -2.64. The Bertz CT molecular complexity index is 494. The van der Waals surface area contributed by atoms with Crippen molar-refractivity contribution in [3.8, 4) is 0 Å². The maximum Gasteiger partial charge on any atom is 0.333 e. The fourth-order valence-corrected chi connectivity index (χ4v) is 1.59. The van der Waals surface area contributed by atoms with Crippen molar-refractivity contribution >= 4 is 0 Å². The van der Waals surface area contributed by atoms with Gasteiger partial charge in [0, 0.05) is 19.3 Å². The van der Waals surface area contributed by atoms with E-state index in [1.54, 1.807) is 12.1 Å². The molecule has 0 saturated carbocycles. The van der Waals surface area contributed by atoms with Gasteiger partial charge in [-0.05, 0) is 23.8 Å². The van der Waals surface area contributed by atoms with E-state index in [0.717, 1.165) is 5.56 Å². The van der Waals surface area contributed by atoms with Crippen LogP contribution in [0.5, 0.6) is 0 Å². The molecule has 3 nitrogen and oxygen atoms in total. The molecular weight excluding hydrogens is 243 g/mol. The minimum absolute atomic E-state index is 0.279. The number of hydrogen-bond acceptors (Lipinski definition) is 2. The summed E-state index contributed by atoms with van der Waals surface area (Å²) >= 11 is 0. The highest BCUT2D eigenvalue weighted by atomic mass is 19.3. The first-order chi connectivity index (χ1) is 8.66. The van der Waals surface area contributed by atoms with Crippen molar-refractivity contribution in [3.63, 3.8) is 0 Å². The standard InChI is InChI=1S/C12H12F3N3/c13-10-3-1-9(2-4-10)7-16-8-11-5-6-17-18(11)12(14)15/h1-6,12,16H,7-8H2. The molecule has 0 saturated heterocycles. The number of nitrogens with one attached hydrogen (secondary N) is 1. The maximum atomic E-state index is 12.7. The maximum absolute atomic E-state index is 12.7. The van der Waals surface area contributed by atoms with Gasteiger partial charge in [0.2, 0.25) is 0 Å². The van der Waals surface area contributed by atoms with Crippen molar-refractivity contribution in [3.05, 3.63) is 53.6 Å². The lowest BCUT2D eigenvalue weighted by Crippen LogP contribution is -2.16. The Kier molecular flexibility index (Phi) is 3.99. The highest BCUT2D eigenvalue weighted by molar-refractivity contribution is 5.15. The van der Waals surface area contributed by atoms with Crippen LogP contribution in [0.25, 0.3) is 0 Å². The van der Waals surface area contributed by atoms with E-state index in [9.17, 15) is 13.2 Å². The van der Waals surface area contributed by atoms with Crippen LogP contribution in [0.4, 0.5) is 13.2 Å². The molecule has 0 aliphatic heterocycles. The van der Waals surface area contributed by atoms with Gasteiger partial charge in [-0.25, -0.2) is 9.07 Å². The third-order valence-corrected chi connectivity index (χ3v) is 2.49. The fraction of sp³-hybridized carbons (Fsp3) is 0.250. The average molecular weight is 255 g/mol. The molecule has 18 heavy (non-hydrogen) atoms. The quantitative estimate of drug-likeness (QED) is 0.890. The first kappa shape index (κ1) is 12.6. The van der Waals surface area contributed by atoms with E-state index >= 15 is 0 Å². The summed E-state index contributed by atoms with van der Waals surface area (Å²) in [6, 6.07) is 7.55. The van der Waals surface area contributed by atoms with Crippen LogP contribution in [-0.4, -0.2) is 9.78 Å². The van der Waals surface area contributed by atoms with Gasteiger partial charge in [0.15, 0.2) is 0 Å². The van der Waals surface area contributed by atoms with Crippen LogP contribution in [0, 0.1) is 5.82 Å². The monoisotopic (exact) mass is 255 g/mol. The number of halogens is 3. The second kappa shape index (κ2) is 5.68. The Morgan fingerprint density at radius 3 is 2.50 bits per heavy atom. The second-order valence-electron chi connectivity index (χ2n) is 3.77. The van der Waals surface area contributed by atoms with Crippen LogP contribution in [0.15, 0.2) is 36.5 Å². The summed E-state index contributed by atoms with van der Waals surface area (Å²) in [6.45, 7) is -1.88. The number of aromatic nitrogens is 2.